The van der Waals surface area contributed by atoms with Crippen LogP contribution in [0.4, 0.5) is 0 Å². The first kappa shape index (κ1) is 14.6. The van der Waals surface area contributed by atoms with Gasteiger partial charge in [0.05, 0.1) is 19.6 Å². The van der Waals surface area contributed by atoms with Gasteiger partial charge >= 0.3 is 0 Å². The lowest BCUT2D eigenvalue weighted by molar-refractivity contribution is 0.112. The van der Waals surface area contributed by atoms with Crippen molar-refractivity contribution in [3.05, 3.63) is 59.2 Å². The number of carbonyl (C=O) groups excluding carboxylic acids is 1. The predicted octanol–water partition coefficient (Wildman–Crippen LogP) is 3.15. The van der Waals surface area contributed by atoms with Crippen molar-refractivity contribution in [3.8, 4) is 17.6 Å². The van der Waals surface area contributed by atoms with E-state index in [2.05, 4.69) is 6.07 Å². The molecule has 0 aliphatic carbocycles. The third-order valence-electron chi connectivity index (χ3n) is 3.04. The van der Waals surface area contributed by atoms with Crippen molar-refractivity contribution in [2.75, 3.05) is 7.11 Å². The zero-order valence-electron chi connectivity index (χ0n) is 11.7. The van der Waals surface area contributed by atoms with Gasteiger partial charge < -0.3 is 9.47 Å². The van der Waals surface area contributed by atoms with Crippen LogP contribution in [0.1, 0.15) is 21.5 Å². The summed E-state index contributed by atoms with van der Waals surface area (Å²) in [5, 5.41) is 8.62. The third kappa shape index (κ3) is 3.83. The largest absolute Gasteiger partial charge is 0.496 e. The number of aldehydes is 1. The van der Waals surface area contributed by atoms with Crippen LogP contribution in [0.3, 0.4) is 0 Å². The molecule has 2 aromatic carbocycles. The molecule has 0 atom stereocenters. The Bertz CT molecular complexity index is 657. The highest BCUT2D eigenvalue weighted by Crippen LogP contribution is 2.22. The van der Waals surface area contributed by atoms with Crippen molar-refractivity contribution in [1.82, 2.24) is 0 Å². The predicted molar refractivity (Wildman–Crippen MR) is 78.5 cm³/mol. The van der Waals surface area contributed by atoms with E-state index in [1.807, 2.05) is 24.3 Å². The Kier molecular flexibility index (Phi) is 4.94. The summed E-state index contributed by atoms with van der Waals surface area (Å²) >= 11 is 0. The van der Waals surface area contributed by atoms with E-state index in [4.69, 9.17) is 14.7 Å². The molecule has 0 saturated heterocycles. The van der Waals surface area contributed by atoms with Crippen molar-refractivity contribution in [3.63, 3.8) is 0 Å². The fraction of sp³-hybridized carbons (Fsp3) is 0.176. The summed E-state index contributed by atoms with van der Waals surface area (Å²) in [5.74, 6) is 1.39. The summed E-state index contributed by atoms with van der Waals surface area (Å²) in [6, 6.07) is 14.7. The van der Waals surface area contributed by atoms with Gasteiger partial charge in [0.1, 0.15) is 24.4 Å². The van der Waals surface area contributed by atoms with Gasteiger partial charge in [-0.3, -0.25) is 4.79 Å². The van der Waals surface area contributed by atoms with Gasteiger partial charge in [-0.1, -0.05) is 12.1 Å². The normalized spacial score (nSPS) is 9.71. The maximum atomic E-state index is 10.8. The van der Waals surface area contributed by atoms with Gasteiger partial charge in [-0.15, -0.1) is 0 Å². The van der Waals surface area contributed by atoms with Gasteiger partial charge in [0.2, 0.25) is 0 Å². The molecular weight excluding hydrogens is 266 g/mol. The second-order valence-corrected chi connectivity index (χ2v) is 4.46. The third-order valence-corrected chi connectivity index (χ3v) is 3.04. The lowest BCUT2D eigenvalue weighted by Gasteiger charge is -2.11. The minimum Gasteiger partial charge on any atom is -0.496 e. The van der Waals surface area contributed by atoms with Crippen LogP contribution in [0.2, 0.25) is 0 Å². The maximum Gasteiger partial charge on any atom is 0.150 e. The van der Waals surface area contributed by atoms with E-state index in [0.29, 0.717) is 30.1 Å². The molecule has 0 aliphatic heterocycles. The van der Waals surface area contributed by atoms with Crippen LogP contribution in [-0.4, -0.2) is 13.4 Å². The molecule has 0 radical (unpaired) electrons. The van der Waals surface area contributed by atoms with Crippen LogP contribution in [0, 0.1) is 11.3 Å². The highest BCUT2D eigenvalue weighted by Gasteiger charge is 2.05. The number of hydrogen-bond donors (Lipinski definition) is 0. The van der Waals surface area contributed by atoms with E-state index >= 15 is 0 Å². The van der Waals surface area contributed by atoms with Crippen LogP contribution in [0.5, 0.6) is 11.5 Å². The van der Waals surface area contributed by atoms with Gasteiger partial charge in [0.25, 0.3) is 0 Å². The number of methoxy groups -OCH3 is 1. The summed E-state index contributed by atoms with van der Waals surface area (Å²) in [5.41, 5.74) is 2.34. The van der Waals surface area contributed by atoms with E-state index in [-0.39, 0.29) is 0 Å². The molecule has 106 valence electrons. The average molecular weight is 281 g/mol. The Balaban J connectivity index is 2.08. The van der Waals surface area contributed by atoms with Crippen LogP contribution < -0.4 is 9.47 Å². The minimum absolute atomic E-state index is 0.308. The zero-order chi connectivity index (χ0) is 15.1. The molecule has 0 unspecified atom stereocenters. The molecule has 21 heavy (non-hydrogen) atoms. The van der Waals surface area contributed by atoms with Crippen LogP contribution in [0.25, 0.3) is 0 Å². The molecule has 0 aliphatic rings. The maximum absolute atomic E-state index is 10.8. The Morgan fingerprint density at radius 2 is 1.95 bits per heavy atom. The number of nitriles is 1. The smallest absolute Gasteiger partial charge is 0.150 e. The van der Waals surface area contributed by atoms with Crippen molar-refractivity contribution < 1.29 is 14.3 Å². The fourth-order valence-corrected chi connectivity index (χ4v) is 1.94. The first-order valence-electron chi connectivity index (χ1n) is 6.47. The van der Waals surface area contributed by atoms with Gasteiger partial charge in [0.15, 0.2) is 0 Å². The second kappa shape index (κ2) is 7.11. The van der Waals surface area contributed by atoms with Crippen LogP contribution >= 0.6 is 0 Å². The summed E-state index contributed by atoms with van der Waals surface area (Å²) in [6.07, 6.45) is 1.18. The summed E-state index contributed by atoms with van der Waals surface area (Å²) in [6.45, 7) is 0.308. The highest BCUT2D eigenvalue weighted by molar-refractivity contribution is 5.75. The molecule has 0 bridgehead atoms. The first-order chi connectivity index (χ1) is 10.3. The first-order valence-corrected chi connectivity index (χ1v) is 6.47. The fourth-order valence-electron chi connectivity index (χ4n) is 1.94. The molecule has 4 nitrogen and oxygen atoms in total. The van der Waals surface area contributed by atoms with Gasteiger partial charge in [-0.25, -0.2) is 0 Å². The Morgan fingerprint density at radius 3 is 2.57 bits per heavy atom. The Labute approximate surface area is 123 Å². The lowest BCUT2D eigenvalue weighted by Crippen LogP contribution is -2.00. The molecule has 0 spiro atoms. The number of nitrogens with zero attached hydrogens (tertiary/aromatic N) is 1. The number of carbonyl (C=O) groups is 1. The number of benzene rings is 2. The van der Waals surface area contributed by atoms with E-state index < -0.39 is 0 Å². The summed E-state index contributed by atoms with van der Waals surface area (Å²) in [4.78, 5) is 10.8. The molecule has 0 amide bonds. The van der Waals surface area contributed by atoms with Gasteiger partial charge in [-0.2, -0.15) is 5.26 Å². The van der Waals surface area contributed by atoms with Crippen molar-refractivity contribution in [1.29, 1.82) is 5.26 Å². The highest BCUT2D eigenvalue weighted by atomic mass is 16.5. The monoisotopic (exact) mass is 281 g/mol. The van der Waals surface area contributed by atoms with E-state index in [1.165, 1.54) is 0 Å². The second-order valence-electron chi connectivity index (χ2n) is 4.46. The number of ether oxygens (including phenoxy) is 2. The summed E-state index contributed by atoms with van der Waals surface area (Å²) in [7, 11) is 1.58. The minimum atomic E-state index is 0.308. The van der Waals surface area contributed by atoms with E-state index in [9.17, 15) is 4.79 Å². The standard InChI is InChI=1S/C17H15NO3/c1-20-17-7-4-14(11-19)10-15(17)12-21-16-5-2-13(3-6-16)8-9-18/h2-7,10-11H,8,12H2,1H3. The molecule has 0 N–H and O–H groups in total. The average Bonchev–Trinajstić information content (AvgIpc) is 2.54. The van der Waals surface area contributed by atoms with Crippen molar-refractivity contribution in [2.24, 2.45) is 0 Å². The molecule has 4 heteroatoms. The molecule has 0 saturated carbocycles. The van der Waals surface area contributed by atoms with Crippen LogP contribution in [0.15, 0.2) is 42.5 Å². The van der Waals surface area contributed by atoms with Crippen molar-refractivity contribution in [2.45, 2.75) is 13.0 Å². The van der Waals surface area contributed by atoms with E-state index in [0.717, 1.165) is 17.4 Å². The van der Waals surface area contributed by atoms with Crippen LogP contribution in [-0.2, 0) is 13.0 Å². The topological polar surface area (TPSA) is 59.3 Å². The van der Waals surface area contributed by atoms with Crippen molar-refractivity contribution >= 4 is 6.29 Å². The number of hydrogen-bond acceptors (Lipinski definition) is 4. The quantitative estimate of drug-likeness (QED) is 0.763. The molecule has 2 rings (SSSR count). The Morgan fingerprint density at radius 1 is 1.19 bits per heavy atom. The number of rotatable bonds is 6. The molecule has 0 heterocycles. The molecule has 0 fully saturated rings. The Hall–Kier alpha value is -2.80. The van der Waals surface area contributed by atoms with E-state index in [1.54, 1.807) is 25.3 Å². The lowest BCUT2D eigenvalue weighted by atomic mass is 10.1. The van der Waals surface area contributed by atoms with Gasteiger partial charge in [0, 0.05) is 11.1 Å². The molecule has 2 aromatic rings. The van der Waals surface area contributed by atoms with Gasteiger partial charge in [-0.05, 0) is 35.9 Å². The molecule has 0 aromatic heterocycles. The molecular formula is C17H15NO3. The summed E-state index contributed by atoms with van der Waals surface area (Å²) < 4.78 is 10.9. The SMILES string of the molecule is COc1ccc(C=O)cc1COc1ccc(CC#N)cc1. The zero-order valence-corrected chi connectivity index (χ0v) is 11.7.